The van der Waals surface area contributed by atoms with Gasteiger partial charge in [0.05, 0.1) is 6.26 Å². The van der Waals surface area contributed by atoms with E-state index in [2.05, 4.69) is 9.97 Å². The zero-order chi connectivity index (χ0) is 18.4. The third kappa shape index (κ3) is 2.41. The van der Waals surface area contributed by atoms with Crippen LogP contribution in [0, 0.1) is 0 Å². The Morgan fingerprint density at radius 1 is 1.15 bits per heavy atom. The number of anilines is 1. The van der Waals surface area contributed by atoms with Crippen molar-refractivity contribution < 1.29 is 9.21 Å². The Morgan fingerprint density at radius 2 is 1.88 bits per heavy atom. The van der Waals surface area contributed by atoms with E-state index >= 15 is 0 Å². The number of carbonyl (C=O) groups is 1. The fourth-order valence-corrected chi connectivity index (χ4v) is 3.14. The van der Waals surface area contributed by atoms with Crippen molar-refractivity contribution in [1.82, 2.24) is 24.0 Å². The number of H-pyrrole nitrogens is 1. The van der Waals surface area contributed by atoms with Crippen LogP contribution in [-0.2, 0) is 14.1 Å². The number of carbonyl (C=O) groups excluding carboxylic acids is 1. The largest absolute Gasteiger partial charge is 0.459 e. The van der Waals surface area contributed by atoms with Gasteiger partial charge in [-0.3, -0.25) is 18.7 Å². The van der Waals surface area contributed by atoms with Gasteiger partial charge in [0.2, 0.25) is 5.95 Å². The average Bonchev–Trinajstić information content (AvgIpc) is 3.34. The maximum atomic E-state index is 12.3. The number of fused-ring (bicyclic) bond motifs is 1. The minimum absolute atomic E-state index is 0.143. The molecule has 0 bridgehead atoms. The fraction of sp³-hybridized carbons (Fsp3) is 0.375. The lowest BCUT2D eigenvalue weighted by Gasteiger charge is -2.34. The van der Waals surface area contributed by atoms with Crippen LogP contribution < -0.4 is 16.1 Å². The lowest BCUT2D eigenvalue weighted by molar-refractivity contribution is 0.0714. The van der Waals surface area contributed by atoms with E-state index in [1.54, 1.807) is 24.1 Å². The fourth-order valence-electron chi connectivity index (χ4n) is 3.14. The SMILES string of the molecule is Cn1c(=O)c2[nH]c(N3CCN(C(=O)c4ccco4)CC3)nc2n(C)c1=O. The molecule has 0 saturated carbocycles. The number of aryl methyl sites for hydroxylation is 1. The summed E-state index contributed by atoms with van der Waals surface area (Å²) in [5.41, 5.74) is -0.219. The standard InChI is InChI=1S/C16H18N6O4/c1-19-12-11(14(24)20(2)16(19)25)17-15(18-12)22-7-5-21(6-8-22)13(23)10-4-3-9-26-10/h3-4,9H,5-8H2,1-2H3,(H,17,18). The lowest BCUT2D eigenvalue weighted by atomic mass is 10.3. The van der Waals surface area contributed by atoms with Gasteiger partial charge in [-0.15, -0.1) is 0 Å². The molecule has 0 spiro atoms. The van der Waals surface area contributed by atoms with Crippen molar-refractivity contribution in [3.05, 3.63) is 45.0 Å². The Balaban J connectivity index is 1.58. The summed E-state index contributed by atoms with van der Waals surface area (Å²) >= 11 is 0. The van der Waals surface area contributed by atoms with Crippen LogP contribution in [0.1, 0.15) is 10.6 Å². The van der Waals surface area contributed by atoms with Gasteiger partial charge in [0.25, 0.3) is 11.5 Å². The van der Waals surface area contributed by atoms with Crippen molar-refractivity contribution in [1.29, 1.82) is 0 Å². The molecule has 26 heavy (non-hydrogen) atoms. The molecule has 1 saturated heterocycles. The molecule has 4 heterocycles. The number of furan rings is 1. The molecule has 4 rings (SSSR count). The smallest absolute Gasteiger partial charge is 0.332 e. The average molecular weight is 358 g/mol. The Labute approximate surface area is 147 Å². The van der Waals surface area contributed by atoms with E-state index in [-0.39, 0.29) is 5.91 Å². The molecule has 10 heteroatoms. The number of aromatic nitrogens is 4. The number of piperazine rings is 1. The first-order valence-corrected chi connectivity index (χ1v) is 8.21. The first-order chi connectivity index (χ1) is 12.5. The minimum Gasteiger partial charge on any atom is -0.459 e. The molecule has 1 fully saturated rings. The molecule has 0 radical (unpaired) electrons. The molecule has 1 N–H and O–H groups in total. The number of aromatic amines is 1. The summed E-state index contributed by atoms with van der Waals surface area (Å²) in [5, 5.41) is 0. The number of imidazole rings is 1. The quantitative estimate of drug-likeness (QED) is 0.662. The number of nitrogens with one attached hydrogen (secondary N) is 1. The van der Waals surface area contributed by atoms with Crippen LogP contribution in [0.15, 0.2) is 32.4 Å². The molecular weight excluding hydrogens is 340 g/mol. The second-order valence-electron chi connectivity index (χ2n) is 6.22. The highest BCUT2D eigenvalue weighted by atomic mass is 16.3. The molecule has 1 aliphatic rings. The molecule has 0 aliphatic carbocycles. The van der Waals surface area contributed by atoms with E-state index in [1.165, 1.54) is 17.9 Å². The molecular formula is C16H18N6O4. The van der Waals surface area contributed by atoms with Crippen molar-refractivity contribution in [3.63, 3.8) is 0 Å². The van der Waals surface area contributed by atoms with Crippen molar-refractivity contribution in [2.45, 2.75) is 0 Å². The second-order valence-corrected chi connectivity index (χ2v) is 6.22. The third-order valence-electron chi connectivity index (χ3n) is 4.68. The monoisotopic (exact) mass is 358 g/mol. The first kappa shape index (κ1) is 16.2. The summed E-state index contributed by atoms with van der Waals surface area (Å²) in [7, 11) is 3.01. The maximum absolute atomic E-state index is 12.3. The van der Waals surface area contributed by atoms with Crippen molar-refractivity contribution in [3.8, 4) is 0 Å². The third-order valence-corrected chi connectivity index (χ3v) is 4.68. The van der Waals surface area contributed by atoms with Crippen LogP contribution in [0.25, 0.3) is 11.2 Å². The molecule has 136 valence electrons. The summed E-state index contributed by atoms with van der Waals surface area (Å²) in [4.78, 5) is 47.7. The van der Waals surface area contributed by atoms with Crippen molar-refractivity contribution >= 4 is 23.0 Å². The van der Waals surface area contributed by atoms with Gasteiger partial charge >= 0.3 is 5.69 Å². The summed E-state index contributed by atoms with van der Waals surface area (Å²) in [6, 6.07) is 3.33. The van der Waals surface area contributed by atoms with E-state index in [0.717, 1.165) is 4.57 Å². The van der Waals surface area contributed by atoms with Gasteiger partial charge in [-0.2, -0.15) is 4.98 Å². The van der Waals surface area contributed by atoms with E-state index in [1.807, 2.05) is 4.90 Å². The minimum atomic E-state index is -0.422. The summed E-state index contributed by atoms with van der Waals surface area (Å²) < 4.78 is 7.54. The maximum Gasteiger partial charge on any atom is 0.332 e. The molecule has 1 aliphatic heterocycles. The van der Waals surface area contributed by atoms with Gasteiger partial charge in [-0.05, 0) is 12.1 Å². The number of hydrogen-bond donors (Lipinski definition) is 1. The van der Waals surface area contributed by atoms with Crippen LogP contribution >= 0.6 is 0 Å². The summed E-state index contributed by atoms with van der Waals surface area (Å²) in [6.07, 6.45) is 1.47. The van der Waals surface area contributed by atoms with Crippen LogP contribution in [0.3, 0.4) is 0 Å². The molecule has 10 nitrogen and oxygen atoms in total. The second kappa shape index (κ2) is 5.90. The number of hydrogen-bond acceptors (Lipinski definition) is 6. The van der Waals surface area contributed by atoms with Gasteiger partial charge in [0, 0.05) is 40.3 Å². The van der Waals surface area contributed by atoms with Crippen LogP contribution in [0.5, 0.6) is 0 Å². The van der Waals surface area contributed by atoms with E-state index < -0.39 is 11.2 Å². The van der Waals surface area contributed by atoms with E-state index in [0.29, 0.717) is 49.1 Å². The predicted molar refractivity (Wildman–Crippen MR) is 93.4 cm³/mol. The molecule has 3 aromatic heterocycles. The van der Waals surface area contributed by atoms with Gasteiger partial charge in [0.1, 0.15) is 0 Å². The molecule has 1 amide bonds. The number of amides is 1. The Kier molecular flexibility index (Phi) is 3.67. The zero-order valence-electron chi connectivity index (χ0n) is 14.4. The normalized spacial score (nSPS) is 15.0. The Hall–Kier alpha value is -3.30. The van der Waals surface area contributed by atoms with Crippen LogP contribution in [0.2, 0.25) is 0 Å². The van der Waals surface area contributed by atoms with Gasteiger partial charge in [-0.1, -0.05) is 0 Å². The predicted octanol–water partition coefficient (Wildman–Crippen LogP) is -0.484. The Morgan fingerprint density at radius 3 is 2.54 bits per heavy atom. The van der Waals surface area contributed by atoms with Crippen molar-refractivity contribution in [2.24, 2.45) is 14.1 Å². The Bertz CT molecular complexity index is 1080. The van der Waals surface area contributed by atoms with E-state index in [4.69, 9.17) is 4.42 Å². The molecule has 0 unspecified atom stereocenters. The summed E-state index contributed by atoms with van der Waals surface area (Å²) in [6.45, 7) is 2.13. The molecule has 3 aromatic rings. The van der Waals surface area contributed by atoms with Crippen LogP contribution in [-0.4, -0.2) is 56.1 Å². The highest BCUT2D eigenvalue weighted by Gasteiger charge is 2.25. The highest BCUT2D eigenvalue weighted by molar-refractivity contribution is 5.91. The molecule has 0 aromatic carbocycles. The molecule has 0 atom stereocenters. The number of rotatable bonds is 2. The first-order valence-electron chi connectivity index (χ1n) is 8.21. The zero-order valence-corrected chi connectivity index (χ0v) is 14.4. The topological polar surface area (TPSA) is 109 Å². The van der Waals surface area contributed by atoms with E-state index in [9.17, 15) is 14.4 Å². The van der Waals surface area contributed by atoms with Crippen molar-refractivity contribution in [2.75, 3.05) is 31.1 Å². The highest BCUT2D eigenvalue weighted by Crippen LogP contribution is 2.16. The summed E-state index contributed by atoms with van der Waals surface area (Å²) in [5.74, 6) is 0.694. The van der Waals surface area contributed by atoms with Crippen LogP contribution in [0.4, 0.5) is 5.95 Å². The van der Waals surface area contributed by atoms with Gasteiger partial charge in [-0.25, -0.2) is 4.79 Å². The van der Waals surface area contributed by atoms with Gasteiger partial charge < -0.3 is 19.2 Å². The van der Waals surface area contributed by atoms with Gasteiger partial charge in [0.15, 0.2) is 16.9 Å². The lowest BCUT2D eigenvalue weighted by Crippen LogP contribution is -2.49. The number of nitrogens with zero attached hydrogens (tertiary/aromatic N) is 5.